The number of ether oxygens (including phenoxy) is 1. The Morgan fingerprint density at radius 1 is 1.12 bits per heavy atom. The van der Waals surface area contributed by atoms with Crippen LogP contribution in [-0.4, -0.2) is 11.2 Å². The van der Waals surface area contributed by atoms with Crippen LogP contribution in [0.2, 0.25) is 0 Å². The fourth-order valence-corrected chi connectivity index (χ4v) is 1.50. The molecule has 4 nitrogen and oxygen atoms in total. The predicted molar refractivity (Wildman–Crippen MR) is 67.1 cm³/mol. The molecule has 0 aliphatic carbocycles. The van der Waals surface area contributed by atoms with Crippen LogP contribution in [0.25, 0.3) is 0 Å². The van der Waals surface area contributed by atoms with Crippen molar-refractivity contribution in [2.45, 2.75) is 6.54 Å². The first-order chi connectivity index (χ1) is 8.25. The van der Waals surface area contributed by atoms with Gasteiger partial charge in [-0.15, -0.1) is 0 Å². The third-order valence-electron chi connectivity index (χ3n) is 2.35. The molecule has 0 bridgehead atoms. The lowest BCUT2D eigenvalue weighted by atomic mass is 10.3. The Morgan fingerprint density at radius 3 is 2.65 bits per heavy atom. The summed E-state index contributed by atoms with van der Waals surface area (Å²) in [7, 11) is 0. The molecule has 1 aromatic carbocycles. The lowest BCUT2D eigenvalue weighted by Gasteiger charge is -2.08. The minimum absolute atomic E-state index is 0.0733. The summed E-state index contributed by atoms with van der Waals surface area (Å²) in [6.07, 6.45) is 1.62. The van der Waals surface area contributed by atoms with E-state index in [1.807, 2.05) is 30.3 Å². The van der Waals surface area contributed by atoms with E-state index < -0.39 is 0 Å². The van der Waals surface area contributed by atoms with Crippen molar-refractivity contribution in [3.63, 3.8) is 0 Å². The number of pyridine rings is 1. The van der Waals surface area contributed by atoms with Crippen LogP contribution in [0.15, 0.2) is 53.5 Å². The Kier molecular flexibility index (Phi) is 3.45. The van der Waals surface area contributed by atoms with Crippen LogP contribution >= 0.6 is 0 Å². The van der Waals surface area contributed by atoms with Gasteiger partial charge in [0.1, 0.15) is 12.4 Å². The molecular formula is C13H14N2O2. The molecule has 0 aliphatic rings. The minimum Gasteiger partial charge on any atom is -0.492 e. The molecule has 2 aromatic rings. The zero-order chi connectivity index (χ0) is 12.1. The second-order valence-corrected chi connectivity index (χ2v) is 3.66. The van der Waals surface area contributed by atoms with E-state index in [2.05, 4.69) is 0 Å². The molecule has 0 atom stereocenters. The molecule has 0 saturated carbocycles. The maximum absolute atomic E-state index is 11.5. The summed E-state index contributed by atoms with van der Waals surface area (Å²) in [6, 6.07) is 12.5. The van der Waals surface area contributed by atoms with Gasteiger partial charge in [0.25, 0.3) is 5.56 Å². The smallest absolute Gasteiger partial charge is 0.250 e. The van der Waals surface area contributed by atoms with Crippen molar-refractivity contribution in [1.29, 1.82) is 0 Å². The van der Waals surface area contributed by atoms with Gasteiger partial charge in [0.15, 0.2) is 0 Å². The second kappa shape index (κ2) is 5.21. The maximum Gasteiger partial charge on any atom is 0.250 e. The van der Waals surface area contributed by atoms with E-state index in [0.29, 0.717) is 18.8 Å². The number of hydrogen-bond donors (Lipinski definition) is 1. The van der Waals surface area contributed by atoms with E-state index >= 15 is 0 Å². The van der Waals surface area contributed by atoms with Crippen molar-refractivity contribution < 1.29 is 4.74 Å². The third kappa shape index (κ3) is 3.11. The molecule has 88 valence electrons. The fraction of sp³-hybridized carbons (Fsp3) is 0.154. The highest BCUT2D eigenvalue weighted by molar-refractivity contribution is 5.33. The van der Waals surface area contributed by atoms with Gasteiger partial charge in [0.05, 0.1) is 6.54 Å². The highest BCUT2D eigenvalue weighted by Crippen LogP contribution is 2.07. The molecule has 0 fully saturated rings. The van der Waals surface area contributed by atoms with Crippen LogP contribution in [0, 0.1) is 0 Å². The molecule has 4 heteroatoms. The third-order valence-corrected chi connectivity index (χ3v) is 2.35. The van der Waals surface area contributed by atoms with Crippen molar-refractivity contribution in [2.75, 3.05) is 12.3 Å². The van der Waals surface area contributed by atoms with E-state index in [1.165, 1.54) is 10.6 Å². The van der Waals surface area contributed by atoms with E-state index in [-0.39, 0.29) is 5.56 Å². The summed E-state index contributed by atoms with van der Waals surface area (Å²) < 4.78 is 7.04. The highest BCUT2D eigenvalue weighted by Gasteiger charge is 1.97. The molecule has 0 amide bonds. The number of anilines is 1. The predicted octanol–water partition coefficient (Wildman–Crippen LogP) is 1.51. The Balaban J connectivity index is 1.94. The van der Waals surface area contributed by atoms with Gasteiger partial charge in [-0.2, -0.15) is 0 Å². The Bertz CT molecular complexity index is 535. The first-order valence-corrected chi connectivity index (χ1v) is 5.39. The second-order valence-electron chi connectivity index (χ2n) is 3.66. The normalized spacial score (nSPS) is 10.1. The highest BCUT2D eigenvalue weighted by atomic mass is 16.5. The van der Waals surface area contributed by atoms with Gasteiger partial charge in [-0.05, 0) is 18.2 Å². The molecule has 0 unspecified atom stereocenters. The van der Waals surface area contributed by atoms with Crippen LogP contribution in [0.1, 0.15) is 0 Å². The zero-order valence-corrected chi connectivity index (χ0v) is 9.37. The van der Waals surface area contributed by atoms with Gasteiger partial charge in [0.2, 0.25) is 0 Å². The summed E-state index contributed by atoms with van der Waals surface area (Å²) >= 11 is 0. The lowest BCUT2D eigenvalue weighted by Crippen LogP contribution is -2.22. The van der Waals surface area contributed by atoms with Gasteiger partial charge < -0.3 is 15.0 Å². The zero-order valence-electron chi connectivity index (χ0n) is 9.37. The monoisotopic (exact) mass is 230 g/mol. The van der Waals surface area contributed by atoms with Gasteiger partial charge in [-0.25, -0.2) is 0 Å². The van der Waals surface area contributed by atoms with Crippen LogP contribution in [0.5, 0.6) is 5.75 Å². The summed E-state index contributed by atoms with van der Waals surface area (Å²) in [5.74, 6) is 0.796. The van der Waals surface area contributed by atoms with Crippen LogP contribution in [0.4, 0.5) is 5.69 Å². The standard InChI is InChI=1S/C13H14N2O2/c14-11-6-7-13(16)15(10-11)8-9-17-12-4-2-1-3-5-12/h1-7,10H,8-9,14H2. The molecule has 1 heterocycles. The van der Waals surface area contributed by atoms with E-state index in [1.54, 1.807) is 12.3 Å². The Hall–Kier alpha value is -2.23. The average molecular weight is 230 g/mol. The number of nitrogen functional groups attached to an aromatic ring is 1. The summed E-state index contributed by atoms with van der Waals surface area (Å²) in [4.78, 5) is 11.5. The number of nitrogens with zero attached hydrogens (tertiary/aromatic N) is 1. The topological polar surface area (TPSA) is 57.2 Å². The van der Waals surface area contributed by atoms with Gasteiger partial charge in [-0.1, -0.05) is 18.2 Å². The lowest BCUT2D eigenvalue weighted by molar-refractivity contribution is 0.296. The number of benzene rings is 1. The molecule has 17 heavy (non-hydrogen) atoms. The van der Waals surface area contributed by atoms with E-state index in [9.17, 15) is 4.79 Å². The van der Waals surface area contributed by atoms with E-state index in [4.69, 9.17) is 10.5 Å². The van der Waals surface area contributed by atoms with Gasteiger partial charge in [0, 0.05) is 18.0 Å². The minimum atomic E-state index is -0.0733. The molecule has 1 aromatic heterocycles. The maximum atomic E-state index is 11.5. The average Bonchev–Trinajstić information content (AvgIpc) is 2.35. The quantitative estimate of drug-likeness (QED) is 0.866. The molecule has 2 N–H and O–H groups in total. The number of aromatic nitrogens is 1. The van der Waals surface area contributed by atoms with Crippen molar-refractivity contribution in [1.82, 2.24) is 4.57 Å². The van der Waals surface area contributed by atoms with Crippen molar-refractivity contribution in [3.05, 3.63) is 59.0 Å². The van der Waals surface area contributed by atoms with Crippen molar-refractivity contribution >= 4 is 5.69 Å². The SMILES string of the molecule is Nc1ccc(=O)n(CCOc2ccccc2)c1. The largest absolute Gasteiger partial charge is 0.492 e. The van der Waals surface area contributed by atoms with Crippen molar-refractivity contribution in [2.24, 2.45) is 0 Å². The van der Waals surface area contributed by atoms with Crippen LogP contribution in [-0.2, 0) is 6.54 Å². The number of hydrogen-bond acceptors (Lipinski definition) is 3. The molecular weight excluding hydrogens is 216 g/mol. The first kappa shape index (κ1) is 11.3. The van der Waals surface area contributed by atoms with E-state index in [0.717, 1.165) is 5.75 Å². The van der Waals surface area contributed by atoms with Crippen molar-refractivity contribution in [3.8, 4) is 5.75 Å². The van der Waals surface area contributed by atoms with Crippen LogP contribution in [0.3, 0.4) is 0 Å². The van der Waals surface area contributed by atoms with Gasteiger partial charge in [-0.3, -0.25) is 4.79 Å². The molecule has 0 saturated heterocycles. The summed E-state index contributed by atoms with van der Waals surface area (Å²) in [5, 5.41) is 0. The Labute approximate surface area is 99.3 Å². The molecule has 2 rings (SSSR count). The number of para-hydroxylation sites is 1. The van der Waals surface area contributed by atoms with Gasteiger partial charge >= 0.3 is 0 Å². The fourth-order valence-electron chi connectivity index (χ4n) is 1.50. The molecule has 0 spiro atoms. The summed E-state index contributed by atoms with van der Waals surface area (Å²) in [5.41, 5.74) is 6.11. The Morgan fingerprint density at radius 2 is 1.88 bits per heavy atom. The first-order valence-electron chi connectivity index (χ1n) is 5.39. The summed E-state index contributed by atoms with van der Waals surface area (Å²) in [6.45, 7) is 0.923. The molecule has 0 radical (unpaired) electrons. The number of nitrogens with two attached hydrogens (primary N) is 1. The number of rotatable bonds is 4. The molecule has 0 aliphatic heterocycles. The van der Waals surface area contributed by atoms with Crippen LogP contribution < -0.4 is 16.0 Å².